The molecule has 1 aromatic heterocycles. The SMILES string of the molecule is COC(=O)N1CCC(c2cc(=O)[nH]o2)CC1c1ccc(C(C)(C)C)cc1. The van der Waals surface area contributed by atoms with Gasteiger partial charge in [0.1, 0.15) is 5.76 Å². The number of hydrogen-bond acceptors (Lipinski definition) is 4. The largest absolute Gasteiger partial charge is 0.453 e. The van der Waals surface area contributed by atoms with Gasteiger partial charge in [-0.15, -0.1) is 0 Å². The number of likely N-dealkylation sites (tertiary alicyclic amines) is 1. The fraction of sp³-hybridized carbons (Fsp3) is 0.500. The monoisotopic (exact) mass is 358 g/mol. The van der Waals surface area contributed by atoms with Crippen molar-refractivity contribution in [1.29, 1.82) is 0 Å². The average molecular weight is 358 g/mol. The van der Waals surface area contributed by atoms with Crippen LogP contribution in [0.2, 0.25) is 0 Å². The van der Waals surface area contributed by atoms with Crippen molar-refractivity contribution in [2.75, 3.05) is 13.7 Å². The Labute approximate surface area is 153 Å². The molecule has 1 aliphatic heterocycles. The zero-order chi connectivity index (χ0) is 18.9. The smallest absolute Gasteiger partial charge is 0.409 e. The molecule has 1 amide bonds. The summed E-state index contributed by atoms with van der Waals surface area (Å²) in [5.41, 5.74) is 2.15. The van der Waals surface area contributed by atoms with Gasteiger partial charge in [-0.25, -0.2) is 4.79 Å². The number of ether oxygens (including phenoxy) is 1. The highest BCUT2D eigenvalue weighted by Gasteiger charge is 2.35. The molecule has 2 atom stereocenters. The topological polar surface area (TPSA) is 75.5 Å². The van der Waals surface area contributed by atoms with Crippen molar-refractivity contribution >= 4 is 6.09 Å². The molecule has 0 saturated carbocycles. The summed E-state index contributed by atoms with van der Waals surface area (Å²) in [5.74, 6) is 0.734. The predicted molar refractivity (Wildman–Crippen MR) is 98.3 cm³/mol. The average Bonchev–Trinajstić information content (AvgIpc) is 3.06. The lowest BCUT2D eigenvalue weighted by molar-refractivity contribution is 0.0815. The van der Waals surface area contributed by atoms with Gasteiger partial charge in [0.25, 0.3) is 5.56 Å². The molecule has 0 bridgehead atoms. The first-order chi connectivity index (χ1) is 12.3. The van der Waals surface area contributed by atoms with E-state index in [1.807, 2.05) is 0 Å². The third-order valence-corrected chi connectivity index (χ3v) is 5.12. The molecule has 0 spiro atoms. The Bertz CT molecular complexity index is 813. The molecule has 0 radical (unpaired) electrons. The molecule has 2 aromatic rings. The Morgan fingerprint density at radius 1 is 1.27 bits per heavy atom. The lowest BCUT2D eigenvalue weighted by Crippen LogP contribution is -2.40. The lowest BCUT2D eigenvalue weighted by Gasteiger charge is -2.38. The van der Waals surface area contributed by atoms with Crippen molar-refractivity contribution in [3.63, 3.8) is 0 Å². The Kier molecular flexibility index (Phi) is 4.94. The van der Waals surface area contributed by atoms with Crippen LogP contribution in [0.1, 0.15) is 62.5 Å². The van der Waals surface area contributed by atoms with Crippen LogP contribution < -0.4 is 5.56 Å². The molecule has 1 saturated heterocycles. The third-order valence-electron chi connectivity index (χ3n) is 5.12. The van der Waals surface area contributed by atoms with E-state index in [-0.39, 0.29) is 29.0 Å². The van der Waals surface area contributed by atoms with Crippen LogP contribution in [0.4, 0.5) is 4.79 Å². The second kappa shape index (κ2) is 7.02. The first kappa shape index (κ1) is 18.3. The summed E-state index contributed by atoms with van der Waals surface area (Å²) in [7, 11) is 1.40. The molecule has 26 heavy (non-hydrogen) atoms. The van der Waals surface area contributed by atoms with Crippen LogP contribution >= 0.6 is 0 Å². The van der Waals surface area contributed by atoms with Gasteiger partial charge in [0, 0.05) is 18.5 Å². The van der Waals surface area contributed by atoms with E-state index in [4.69, 9.17) is 9.26 Å². The molecule has 3 rings (SSSR count). The van der Waals surface area contributed by atoms with Gasteiger partial charge in [-0.3, -0.25) is 4.79 Å². The molecule has 1 fully saturated rings. The van der Waals surface area contributed by atoms with Crippen molar-refractivity contribution in [3.8, 4) is 0 Å². The quantitative estimate of drug-likeness (QED) is 0.882. The van der Waals surface area contributed by atoms with E-state index in [1.54, 1.807) is 4.90 Å². The Morgan fingerprint density at radius 3 is 2.50 bits per heavy atom. The molecule has 1 N–H and O–H groups in total. The minimum atomic E-state index is -0.330. The fourth-order valence-electron chi connectivity index (χ4n) is 3.58. The van der Waals surface area contributed by atoms with E-state index in [1.165, 1.54) is 18.7 Å². The molecule has 2 heterocycles. The Morgan fingerprint density at radius 2 is 1.96 bits per heavy atom. The van der Waals surface area contributed by atoms with Crippen LogP contribution in [0.5, 0.6) is 0 Å². The molecular weight excluding hydrogens is 332 g/mol. The van der Waals surface area contributed by atoms with Crippen molar-refractivity contribution in [3.05, 3.63) is 57.6 Å². The minimum Gasteiger partial charge on any atom is -0.453 e. The van der Waals surface area contributed by atoms with Gasteiger partial charge in [-0.1, -0.05) is 45.0 Å². The summed E-state index contributed by atoms with van der Waals surface area (Å²) in [5, 5.41) is 2.35. The highest BCUT2D eigenvalue weighted by Crippen LogP contribution is 2.39. The minimum absolute atomic E-state index is 0.0736. The zero-order valence-corrected chi connectivity index (χ0v) is 15.7. The first-order valence-electron chi connectivity index (χ1n) is 8.93. The van der Waals surface area contributed by atoms with E-state index >= 15 is 0 Å². The number of rotatable bonds is 2. The van der Waals surface area contributed by atoms with Gasteiger partial charge in [-0.05, 0) is 29.4 Å². The number of aromatic nitrogens is 1. The van der Waals surface area contributed by atoms with Gasteiger partial charge in [0.05, 0.1) is 13.2 Å². The number of hydrogen-bond donors (Lipinski definition) is 1. The maximum Gasteiger partial charge on any atom is 0.409 e. The zero-order valence-electron chi connectivity index (χ0n) is 15.7. The van der Waals surface area contributed by atoms with Crippen LogP contribution in [-0.2, 0) is 10.2 Å². The number of benzene rings is 1. The molecule has 6 heteroatoms. The van der Waals surface area contributed by atoms with E-state index < -0.39 is 0 Å². The summed E-state index contributed by atoms with van der Waals surface area (Å²) < 4.78 is 10.3. The van der Waals surface area contributed by atoms with Crippen molar-refractivity contribution in [2.24, 2.45) is 0 Å². The van der Waals surface area contributed by atoms with Crippen molar-refractivity contribution < 1.29 is 14.1 Å². The van der Waals surface area contributed by atoms with Gasteiger partial charge >= 0.3 is 6.09 Å². The number of methoxy groups -OCH3 is 1. The number of H-pyrrole nitrogens is 1. The van der Waals surface area contributed by atoms with Crippen LogP contribution in [0.25, 0.3) is 0 Å². The second-order valence-electron chi connectivity index (χ2n) is 7.89. The standard InChI is InChI=1S/C20H26N2O4/c1-20(2,3)15-7-5-13(6-8-15)16-11-14(17-12-18(23)21-26-17)9-10-22(16)19(24)25-4/h5-8,12,14,16H,9-11H2,1-4H3,(H,21,23). The summed E-state index contributed by atoms with van der Waals surface area (Å²) in [4.78, 5) is 25.4. The van der Waals surface area contributed by atoms with Crippen LogP contribution in [-0.4, -0.2) is 29.8 Å². The van der Waals surface area contributed by atoms with Gasteiger partial charge in [0.15, 0.2) is 0 Å². The normalized spacial score (nSPS) is 20.8. The highest BCUT2D eigenvalue weighted by molar-refractivity contribution is 5.68. The number of carbonyl (C=O) groups is 1. The summed E-state index contributed by atoms with van der Waals surface area (Å²) in [6, 6.07) is 9.78. The van der Waals surface area contributed by atoms with Gasteiger partial charge in [-0.2, -0.15) is 5.16 Å². The summed E-state index contributed by atoms with van der Waals surface area (Å²) in [6.45, 7) is 7.08. The van der Waals surface area contributed by atoms with Gasteiger partial charge < -0.3 is 14.2 Å². The molecular formula is C20H26N2O4. The maximum atomic E-state index is 12.2. The number of piperidine rings is 1. The predicted octanol–water partition coefficient (Wildman–Crippen LogP) is 3.95. The van der Waals surface area contributed by atoms with E-state index in [0.717, 1.165) is 12.0 Å². The molecule has 2 unspecified atom stereocenters. The molecule has 1 aromatic carbocycles. The maximum absolute atomic E-state index is 12.2. The Hall–Kier alpha value is -2.50. The summed E-state index contributed by atoms with van der Waals surface area (Å²) in [6.07, 6.45) is 1.08. The second-order valence-corrected chi connectivity index (χ2v) is 7.89. The van der Waals surface area contributed by atoms with Crippen LogP contribution in [0.15, 0.2) is 39.6 Å². The van der Waals surface area contributed by atoms with E-state index in [2.05, 4.69) is 50.2 Å². The van der Waals surface area contributed by atoms with Crippen molar-refractivity contribution in [1.82, 2.24) is 10.1 Å². The molecule has 140 valence electrons. The Balaban J connectivity index is 1.89. The van der Waals surface area contributed by atoms with Crippen LogP contribution in [0.3, 0.4) is 0 Å². The number of carbonyl (C=O) groups excluding carboxylic acids is 1. The number of nitrogens with zero attached hydrogens (tertiary/aromatic N) is 1. The van der Waals surface area contributed by atoms with E-state index in [0.29, 0.717) is 18.7 Å². The van der Waals surface area contributed by atoms with Crippen LogP contribution in [0, 0.1) is 0 Å². The number of aromatic amines is 1. The molecule has 0 aliphatic carbocycles. The van der Waals surface area contributed by atoms with Crippen molar-refractivity contribution in [2.45, 2.75) is 51.0 Å². The first-order valence-corrected chi connectivity index (χ1v) is 8.93. The highest BCUT2D eigenvalue weighted by atomic mass is 16.5. The van der Waals surface area contributed by atoms with Gasteiger partial charge in [0.2, 0.25) is 0 Å². The van der Waals surface area contributed by atoms with E-state index in [9.17, 15) is 9.59 Å². The summed E-state index contributed by atoms with van der Waals surface area (Å²) >= 11 is 0. The molecule has 6 nitrogen and oxygen atoms in total. The number of amides is 1. The lowest BCUT2D eigenvalue weighted by atomic mass is 9.83. The fourth-order valence-corrected chi connectivity index (χ4v) is 3.58. The third kappa shape index (κ3) is 3.69. The molecule has 1 aliphatic rings. The number of nitrogens with one attached hydrogen (secondary N) is 1.